The topological polar surface area (TPSA) is 65.9 Å². The van der Waals surface area contributed by atoms with Crippen LogP contribution in [0.15, 0.2) is 4.99 Å². The Balaban J connectivity index is 0.00000361. The predicted molar refractivity (Wildman–Crippen MR) is 93.9 cm³/mol. The Morgan fingerprint density at radius 2 is 2.10 bits per heavy atom. The molecule has 1 rings (SSSR count). The highest BCUT2D eigenvalue weighted by Gasteiger charge is 2.24. The summed E-state index contributed by atoms with van der Waals surface area (Å²) in [5.74, 6) is 1.18. The molecular weight excluding hydrogens is 369 g/mol. The summed E-state index contributed by atoms with van der Waals surface area (Å²) in [4.78, 5) is 4.56. The standard InChI is InChI=1S/C14H29N3O2.HI/c1-3-15-14(16-9-6-10-19-4-2)17-11-12-7-5-8-13(12)18;/h12-13,18H,3-11H2,1-2H3,(H2,15,16,17);1H. The second kappa shape index (κ2) is 12.6. The second-order valence-electron chi connectivity index (χ2n) is 4.96. The van der Waals surface area contributed by atoms with Crippen molar-refractivity contribution >= 4 is 29.9 Å². The van der Waals surface area contributed by atoms with E-state index >= 15 is 0 Å². The number of hydrogen-bond donors (Lipinski definition) is 3. The van der Waals surface area contributed by atoms with Gasteiger partial charge in [-0.3, -0.25) is 4.99 Å². The molecule has 3 N–H and O–H groups in total. The molecule has 0 radical (unpaired) electrons. The van der Waals surface area contributed by atoms with Gasteiger partial charge in [0.25, 0.3) is 0 Å². The van der Waals surface area contributed by atoms with E-state index < -0.39 is 0 Å². The lowest BCUT2D eigenvalue weighted by Gasteiger charge is -2.14. The summed E-state index contributed by atoms with van der Waals surface area (Å²) in [5.41, 5.74) is 0. The molecule has 1 aliphatic carbocycles. The van der Waals surface area contributed by atoms with Crippen molar-refractivity contribution in [3.63, 3.8) is 0 Å². The van der Waals surface area contributed by atoms with Crippen molar-refractivity contribution in [3.8, 4) is 0 Å². The maximum atomic E-state index is 9.78. The number of aliphatic imine (C=N–C) groups is 1. The molecular formula is C14H30IN3O2. The third-order valence-corrected chi connectivity index (χ3v) is 3.41. The van der Waals surface area contributed by atoms with Crippen molar-refractivity contribution in [3.05, 3.63) is 0 Å². The van der Waals surface area contributed by atoms with E-state index in [1.54, 1.807) is 0 Å². The number of guanidine groups is 1. The van der Waals surface area contributed by atoms with Gasteiger partial charge in [-0.1, -0.05) is 6.42 Å². The van der Waals surface area contributed by atoms with E-state index in [-0.39, 0.29) is 30.1 Å². The first-order valence-corrected chi connectivity index (χ1v) is 7.55. The van der Waals surface area contributed by atoms with Crippen LogP contribution < -0.4 is 10.6 Å². The first kappa shape index (κ1) is 19.9. The lowest BCUT2D eigenvalue weighted by molar-refractivity contribution is 0.136. The molecule has 120 valence electrons. The van der Waals surface area contributed by atoms with Crippen molar-refractivity contribution in [1.82, 2.24) is 10.6 Å². The number of ether oxygens (including phenoxy) is 1. The summed E-state index contributed by atoms with van der Waals surface area (Å²) >= 11 is 0. The molecule has 20 heavy (non-hydrogen) atoms. The highest BCUT2D eigenvalue weighted by atomic mass is 127. The van der Waals surface area contributed by atoms with Crippen LogP contribution in [-0.2, 0) is 4.74 Å². The van der Waals surface area contributed by atoms with Crippen LogP contribution >= 0.6 is 24.0 Å². The number of aliphatic hydroxyl groups is 1. The number of nitrogens with one attached hydrogen (secondary N) is 2. The summed E-state index contributed by atoms with van der Waals surface area (Å²) in [6, 6.07) is 0. The van der Waals surface area contributed by atoms with Gasteiger partial charge >= 0.3 is 0 Å². The quantitative estimate of drug-likeness (QED) is 0.252. The Morgan fingerprint density at radius 3 is 2.70 bits per heavy atom. The van der Waals surface area contributed by atoms with Crippen LogP contribution in [0.25, 0.3) is 0 Å². The van der Waals surface area contributed by atoms with Crippen molar-refractivity contribution in [2.75, 3.05) is 32.8 Å². The van der Waals surface area contributed by atoms with E-state index in [4.69, 9.17) is 4.74 Å². The fourth-order valence-corrected chi connectivity index (χ4v) is 2.31. The van der Waals surface area contributed by atoms with E-state index in [0.29, 0.717) is 12.5 Å². The van der Waals surface area contributed by atoms with Gasteiger partial charge in [-0.15, -0.1) is 24.0 Å². The summed E-state index contributed by atoms with van der Waals surface area (Å²) in [5, 5.41) is 16.3. The van der Waals surface area contributed by atoms with Crippen molar-refractivity contribution in [1.29, 1.82) is 0 Å². The summed E-state index contributed by atoms with van der Waals surface area (Å²) < 4.78 is 5.30. The smallest absolute Gasteiger partial charge is 0.191 e. The molecule has 2 unspecified atom stereocenters. The Morgan fingerprint density at radius 1 is 1.30 bits per heavy atom. The monoisotopic (exact) mass is 399 g/mol. The Hall–Kier alpha value is -0.0800. The molecule has 0 aromatic carbocycles. The first-order valence-electron chi connectivity index (χ1n) is 7.55. The fourth-order valence-electron chi connectivity index (χ4n) is 2.31. The minimum Gasteiger partial charge on any atom is -0.393 e. The van der Waals surface area contributed by atoms with Gasteiger partial charge in [0.05, 0.1) is 6.10 Å². The van der Waals surface area contributed by atoms with Crippen molar-refractivity contribution in [2.24, 2.45) is 10.9 Å². The van der Waals surface area contributed by atoms with Crippen LogP contribution in [0.1, 0.15) is 39.5 Å². The van der Waals surface area contributed by atoms with Gasteiger partial charge in [0, 0.05) is 38.8 Å². The molecule has 1 fully saturated rings. The summed E-state index contributed by atoms with van der Waals surface area (Å²) in [6.07, 6.45) is 3.96. The summed E-state index contributed by atoms with van der Waals surface area (Å²) in [7, 11) is 0. The van der Waals surface area contributed by atoms with Crippen molar-refractivity contribution in [2.45, 2.75) is 45.6 Å². The minimum atomic E-state index is -0.162. The number of aliphatic hydroxyl groups excluding tert-OH is 1. The van der Waals surface area contributed by atoms with Crippen LogP contribution in [0, 0.1) is 5.92 Å². The fraction of sp³-hybridized carbons (Fsp3) is 0.929. The normalized spacial score (nSPS) is 22.4. The number of hydrogen-bond acceptors (Lipinski definition) is 3. The van der Waals surface area contributed by atoms with Gasteiger partial charge in [-0.05, 0) is 33.1 Å². The predicted octanol–water partition coefficient (Wildman–Crippen LogP) is 1.75. The van der Waals surface area contributed by atoms with E-state index in [9.17, 15) is 5.11 Å². The van der Waals surface area contributed by atoms with E-state index in [2.05, 4.69) is 22.5 Å². The molecule has 1 saturated carbocycles. The molecule has 0 bridgehead atoms. The van der Waals surface area contributed by atoms with Gasteiger partial charge in [-0.25, -0.2) is 0 Å². The van der Waals surface area contributed by atoms with Crippen LogP contribution in [0.4, 0.5) is 0 Å². The molecule has 0 saturated heterocycles. The Kier molecular flexibility index (Phi) is 12.6. The molecule has 0 spiro atoms. The van der Waals surface area contributed by atoms with Gasteiger partial charge in [0.15, 0.2) is 5.96 Å². The van der Waals surface area contributed by atoms with Gasteiger partial charge < -0.3 is 20.5 Å². The molecule has 0 aromatic heterocycles. The third-order valence-electron chi connectivity index (χ3n) is 3.41. The average molecular weight is 399 g/mol. The number of nitrogens with zero attached hydrogens (tertiary/aromatic N) is 1. The minimum absolute atomic E-state index is 0. The largest absolute Gasteiger partial charge is 0.393 e. The van der Waals surface area contributed by atoms with Crippen LogP contribution in [0.5, 0.6) is 0 Å². The molecule has 6 heteroatoms. The zero-order valence-electron chi connectivity index (χ0n) is 12.7. The molecule has 0 amide bonds. The molecule has 0 heterocycles. The molecule has 0 aliphatic heterocycles. The molecule has 0 aromatic rings. The lowest BCUT2D eigenvalue weighted by atomic mass is 10.1. The number of halogens is 1. The van der Waals surface area contributed by atoms with Crippen LogP contribution in [-0.4, -0.2) is 50.0 Å². The van der Waals surface area contributed by atoms with Gasteiger partial charge in [-0.2, -0.15) is 0 Å². The van der Waals surface area contributed by atoms with E-state index in [0.717, 1.165) is 57.9 Å². The van der Waals surface area contributed by atoms with Gasteiger partial charge in [0.2, 0.25) is 0 Å². The second-order valence-corrected chi connectivity index (χ2v) is 4.96. The van der Waals surface area contributed by atoms with E-state index in [1.807, 2.05) is 6.92 Å². The highest BCUT2D eigenvalue weighted by molar-refractivity contribution is 14.0. The highest BCUT2D eigenvalue weighted by Crippen LogP contribution is 2.25. The number of rotatable bonds is 8. The molecule has 2 atom stereocenters. The zero-order chi connectivity index (χ0) is 13.9. The Labute approximate surface area is 140 Å². The molecule has 1 aliphatic rings. The summed E-state index contributed by atoms with van der Waals surface area (Å²) in [6.45, 7) is 8.04. The third kappa shape index (κ3) is 8.26. The van der Waals surface area contributed by atoms with Crippen LogP contribution in [0.2, 0.25) is 0 Å². The first-order chi connectivity index (χ1) is 9.27. The van der Waals surface area contributed by atoms with Gasteiger partial charge in [0.1, 0.15) is 0 Å². The van der Waals surface area contributed by atoms with Crippen LogP contribution in [0.3, 0.4) is 0 Å². The maximum absolute atomic E-state index is 9.78. The average Bonchev–Trinajstić information content (AvgIpc) is 2.81. The lowest BCUT2D eigenvalue weighted by Crippen LogP contribution is -2.38. The molecule has 5 nitrogen and oxygen atoms in total. The SMILES string of the molecule is CCNC(=NCC1CCCC1O)NCCCOCC.I. The maximum Gasteiger partial charge on any atom is 0.191 e. The Bertz CT molecular complexity index is 265. The van der Waals surface area contributed by atoms with Crippen molar-refractivity contribution < 1.29 is 9.84 Å². The van der Waals surface area contributed by atoms with E-state index in [1.165, 1.54) is 0 Å². The zero-order valence-corrected chi connectivity index (χ0v) is 15.1.